The Labute approximate surface area is 79.9 Å². The fraction of sp³-hybridized carbons (Fsp3) is 0.375. The van der Waals surface area contributed by atoms with Gasteiger partial charge >= 0.3 is 5.82 Å². The molecule has 0 saturated heterocycles. The number of carbonyl (C=O) groups is 1. The van der Waals surface area contributed by atoms with Crippen LogP contribution in [0.3, 0.4) is 0 Å². The van der Waals surface area contributed by atoms with E-state index in [2.05, 4.69) is 0 Å². The van der Waals surface area contributed by atoms with Crippen LogP contribution in [0.5, 0.6) is 0 Å². The van der Waals surface area contributed by atoms with Crippen molar-refractivity contribution < 1.29 is 9.72 Å². The third-order valence-corrected chi connectivity index (χ3v) is 2.37. The Kier molecular flexibility index (Phi) is 1.77. The number of aromatic nitrogens is 1. The number of rotatable bonds is 1. The highest BCUT2D eigenvalue weighted by Gasteiger charge is 2.29. The van der Waals surface area contributed by atoms with E-state index in [4.69, 9.17) is 0 Å². The quantitative estimate of drug-likeness (QED) is 0.483. The van der Waals surface area contributed by atoms with Gasteiger partial charge < -0.3 is 15.0 Å². The summed E-state index contributed by atoms with van der Waals surface area (Å²) in [4.78, 5) is 23.2. The Balaban J connectivity index is 2.51. The van der Waals surface area contributed by atoms with Crippen LogP contribution < -0.4 is 0 Å². The minimum Gasteiger partial charge on any atom is -0.358 e. The second-order valence-electron chi connectivity index (χ2n) is 3.21. The molecule has 1 amide bonds. The largest absolute Gasteiger partial charge is 0.358 e. The topological polar surface area (TPSA) is 68.4 Å². The second-order valence-corrected chi connectivity index (χ2v) is 3.21. The fourth-order valence-electron chi connectivity index (χ4n) is 1.59. The van der Waals surface area contributed by atoms with Gasteiger partial charge in [0, 0.05) is 13.1 Å². The maximum Gasteiger partial charge on any atom is 0.323 e. The van der Waals surface area contributed by atoms with Gasteiger partial charge in [-0.25, -0.2) is 4.57 Å². The number of carbonyl (C=O) groups excluding carboxylic acids is 1. The van der Waals surface area contributed by atoms with Crippen molar-refractivity contribution >= 4 is 11.7 Å². The zero-order valence-electron chi connectivity index (χ0n) is 7.64. The van der Waals surface area contributed by atoms with Crippen LogP contribution >= 0.6 is 0 Å². The van der Waals surface area contributed by atoms with Gasteiger partial charge in [0.15, 0.2) is 5.69 Å². The van der Waals surface area contributed by atoms with E-state index >= 15 is 0 Å². The van der Waals surface area contributed by atoms with Gasteiger partial charge in [-0.05, 0) is 11.0 Å². The van der Waals surface area contributed by atoms with Crippen LogP contribution in [0.25, 0.3) is 0 Å². The molecule has 0 aromatic carbocycles. The zero-order chi connectivity index (χ0) is 10.3. The Bertz CT molecular complexity index is 410. The lowest BCUT2D eigenvalue weighted by Gasteiger charge is -2.21. The normalized spacial score (nSPS) is 15.5. The molecule has 0 spiro atoms. The number of amides is 1. The van der Waals surface area contributed by atoms with E-state index in [0.717, 1.165) is 0 Å². The molecular formula is C8H9N3O3. The van der Waals surface area contributed by atoms with Crippen molar-refractivity contribution in [3.05, 3.63) is 27.9 Å². The zero-order valence-corrected chi connectivity index (χ0v) is 7.64. The number of likely N-dealkylation sites (N-methyl/N-ethyl adjacent to an activating group) is 1. The average molecular weight is 195 g/mol. The van der Waals surface area contributed by atoms with Gasteiger partial charge in [0.1, 0.15) is 6.54 Å². The van der Waals surface area contributed by atoms with E-state index in [1.165, 1.54) is 16.7 Å². The number of hydrogen-bond acceptors (Lipinski definition) is 3. The SMILES string of the molecule is CN1CCn2c(ccc2[N+](=O)[O-])C1=O. The number of nitro groups is 1. The molecule has 0 aliphatic carbocycles. The van der Waals surface area contributed by atoms with E-state index in [0.29, 0.717) is 18.8 Å². The monoisotopic (exact) mass is 195 g/mol. The molecular weight excluding hydrogens is 186 g/mol. The third-order valence-electron chi connectivity index (χ3n) is 2.37. The van der Waals surface area contributed by atoms with Crippen LogP contribution in [0.4, 0.5) is 5.82 Å². The Morgan fingerprint density at radius 3 is 2.79 bits per heavy atom. The molecule has 1 aliphatic heterocycles. The highest BCUT2D eigenvalue weighted by Crippen LogP contribution is 2.21. The molecule has 2 heterocycles. The lowest BCUT2D eigenvalue weighted by atomic mass is 10.3. The summed E-state index contributed by atoms with van der Waals surface area (Å²) in [6.07, 6.45) is 0. The van der Waals surface area contributed by atoms with E-state index in [-0.39, 0.29) is 11.7 Å². The average Bonchev–Trinajstić information content (AvgIpc) is 2.55. The van der Waals surface area contributed by atoms with Crippen molar-refractivity contribution in [2.45, 2.75) is 6.54 Å². The molecule has 1 aromatic heterocycles. The highest BCUT2D eigenvalue weighted by atomic mass is 16.6. The predicted molar refractivity (Wildman–Crippen MR) is 48.0 cm³/mol. The van der Waals surface area contributed by atoms with Crippen molar-refractivity contribution in [2.24, 2.45) is 0 Å². The second kappa shape index (κ2) is 2.83. The van der Waals surface area contributed by atoms with Gasteiger partial charge in [-0.1, -0.05) is 0 Å². The van der Waals surface area contributed by atoms with Crippen molar-refractivity contribution in [1.82, 2.24) is 9.47 Å². The molecule has 2 rings (SSSR count). The van der Waals surface area contributed by atoms with Crippen molar-refractivity contribution in [1.29, 1.82) is 0 Å². The van der Waals surface area contributed by atoms with Crippen LogP contribution in [0.2, 0.25) is 0 Å². The maximum absolute atomic E-state index is 11.5. The van der Waals surface area contributed by atoms with Gasteiger partial charge in [-0.2, -0.15) is 0 Å². The van der Waals surface area contributed by atoms with Gasteiger partial charge in [-0.3, -0.25) is 4.79 Å². The lowest BCUT2D eigenvalue weighted by molar-refractivity contribution is -0.392. The summed E-state index contributed by atoms with van der Waals surface area (Å²) < 4.78 is 1.45. The minimum absolute atomic E-state index is 0.0125. The molecule has 1 aromatic rings. The molecule has 0 unspecified atom stereocenters. The minimum atomic E-state index is -0.470. The summed E-state index contributed by atoms with van der Waals surface area (Å²) in [5.74, 6) is -0.175. The standard InChI is InChI=1S/C8H9N3O3/c1-9-4-5-10-6(8(9)12)2-3-7(10)11(13)14/h2-3H,4-5H2,1H3. The summed E-state index contributed by atoms with van der Waals surface area (Å²) in [5.41, 5.74) is 0.394. The van der Waals surface area contributed by atoms with E-state index in [1.54, 1.807) is 11.9 Å². The first-order chi connectivity index (χ1) is 6.61. The Hall–Kier alpha value is -1.85. The summed E-state index contributed by atoms with van der Waals surface area (Å²) in [6, 6.07) is 2.86. The van der Waals surface area contributed by atoms with Gasteiger partial charge in [0.2, 0.25) is 0 Å². The summed E-state index contributed by atoms with van der Waals surface area (Å²) >= 11 is 0. The smallest absolute Gasteiger partial charge is 0.323 e. The molecule has 14 heavy (non-hydrogen) atoms. The maximum atomic E-state index is 11.5. The first-order valence-corrected chi connectivity index (χ1v) is 4.20. The molecule has 74 valence electrons. The van der Waals surface area contributed by atoms with Crippen LogP contribution in [0.1, 0.15) is 10.5 Å². The van der Waals surface area contributed by atoms with Crippen LogP contribution in [-0.4, -0.2) is 33.9 Å². The van der Waals surface area contributed by atoms with Crippen molar-refractivity contribution in [2.75, 3.05) is 13.6 Å². The molecule has 0 saturated carbocycles. The molecule has 6 heteroatoms. The van der Waals surface area contributed by atoms with Crippen molar-refractivity contribution in [3.63, 3.8) is 0 Å². The summed E-state index contributed by atoms with van der Waals surface area (Å²) in [6.45, 7) is 1.00. The van der Waals surface area contributed by atoms with Gasteiger partial charge in [0.05, 0.1) is 6.54 Å². The molecule has 1 aliphatic rings. The Morgan fingerprint density at radius 1 is 1.43 bits per heavy atom. The third kappa shape index (κ3) is 1.07. The van der Waals surface area contributed by atoms with Crippen LogP contribution in [-0.2, 0) is 6.54 Å². The van der Waals surface area contributed by atoms with Gasteiger partial charge in [-0.15, -0.1) is 0 Å². The van der Waals surface area contributed by atoms with E-state index in [9.17, 15) is 14.9 Å². The molecule has 6 nitrogen and oxygen atoms in total. The lowest BCUT2D eigenvalue weighted by Crippen LogP contribution is -2.37. The number of nitrogens with zero attached hydrogens (tertiary/aromatic N) is 3. The Morgan fingerprint density at radius 2 is 2.14 bits per heavy atom. The molecule has 0 fully saturated rings. The summed E-state index contributed by atoms with van der Waals surface area (Å²) in [5, 5.41) is 10.6. The molecule has 0 bridgehead atoms. The van der Waals surface area contributed by atoms with Crippen molar-refractivity contribution in [3.8, 4) is 0 Å². The van der Waals surface area contributed by atoms with E-state index < -0.39 is 4.92 Å². The van der Waals surface area contributed by atoms with Crippen LogP contribution in [0.15, 0.2) is 12.1 Å². The molecule has 0 N–H and O–H groups in total. The highest BCUT2D eigenvalue weighted by molar-refractivity contribution is 5.93. The first kappa shape index (κ1) is 8.74. The van der Waals surface area contributed by atoms with Crippen LogP contribution in [0, 0.1) is 10.1 Å². The van der Waals surface area contributed by atoms with E-state index in [1.807, 2.05) is 0 Å². The predicted octanol–water partition coefficient (Wildman–Crippen LogP) is 0.482. The molecule has 0 radical (unpaired) electrons. The first-order valence-electron chi connectivity index (χ1n) is 4.20. The number of fused-ring (bicyclic) bond motifs is 1. The fourth-order valence-corrected chi connectivity index (χ4v) is 1.59. The number of hydrogen-bond donors (Lipinski definition) is 0. The summed E-state index contributed by atoms with van der Waals surface area (Å²) in [7, 11) is 1.69. The van der Waals surface area contributed by atoms with Gasteiger partial charge in [0.25, 0.3) is 5.91 Å². The molecule has 0 atom stereocenters.